The van der Waals surface area contributed by atoms with Crippen LogP contribution in [-0.4, -0.2) is 23.6 Å². The quantitative estimate of drug-likeness (QED) is 0.463. The second kappa shape index (κ2) is 6.25. The van der Waals surface area contributed by atoms with Crippen molar-refractivity contribution >= 4 is 39.9 Å². The largest absolute Gasteiger partial charge is 0.417 e. The first-order chi connectivity index (χ1) is 8.25. The second-order valence-corrected chi connectivity index (χ2v) is 4.89. The molecule has 1 atom stereocenters. The molecule has 0 amide bonds. The Kier molecular flexibility index (Phi) is 5.47. The lowest BCUT2D eigenvalue weighted by atomic mass is 10.2. The van der Waals surface area contributed by atoms with E-state index in [0.29, 0.717) is 6.07 Å². The highest BCUT2D eigenvalue weighted by Crippen LogP contribution is 2.36. The van der Waals surface area contributed by atoms with Gasteiger partial charge in [0.2, 0.25) is 0 Å². The molecule has 0 aliphatic heterocycles. The third-order valence-corrected chi connectivity index (χ3v) is 3.57. The zero-order valence-electron chi connectivity index (χ0n) is 8.86. The molecule has 102 valence electrons. The molecule has 1 aromatic rings. The van der Waals surface area contributed by atoms with Gasteiger partial charge in [0, 0.05) is 10.1 Å². The summed E-state index contributed by atoms with van der Waals surface area (Å²) in [6, 6.07) is 1.38. The summed E-state index contributed by atoms with van der Waals surface area (Å²) in [6.45, 7) is -0.0553. The van der Waals surface area contributed by atoms with Crippen molar-refractivity contribution in [3.8, 4) is 0 Å². The van der Waals surface area contributed by atoms with Crippen LogP contribution >= 0.6 is 34.2 Å². The molecule has 1 unspecified atom stereocenters. The van der Waals surface area contributed by atoms with Crippen LogP contribution in [0, 0.1) is 9.39 Å². The van der Waals surface area contributed by atoms with Crippen molar-refractivity contribution in [1.82, 2.24) is 0 Å². The Hall–Kier alpha value is -0.280. The van der Waals surface area contributed by atoms with Gasteiger partial charge in [0.1, 0.15) is 5.82 Å². The van der Waals surface area contributed by atoms with Crippen molar-refractivity contribution in [2.75, 3.05) is 17.7 Å². The van der Waals surface area contributed by atoms with Gasteiger partial charge in [-0.3, -0.25) is 0 Å². The van der Waals surface area contributed by atoms with E-state index < -0.39 is 23.7 Å². The van der Waals surface area contributed by atoms with Gasteiger partial charge in [-0.15, -0.1) is 11.6 Å². The van der Waals surface area contributed by atoms with Gasteiger partial charge in [-0.25, -0.2) is 4.39 Å². The summed E-state index contributed by atoms with van der Waals surface area (Å²) in [6.07, 6.45) is -5.54. The summed E-state index contributed by atoms with van der Waals surface area (Å²) in [5, 5.41) is 11.7. The van der Waals surface area contributed by atoms with Gasteiger partial charge in [-0.1, -0.05) is 0 Å². The minimum Gasteiger partial charge on any atom is -0.390 e. The van der Waals surface area contributed by atoms with Crippen LogP contribution in [0.3, 0.4) is 0 Å². The smallest absolute Gasteiger partial charge is 0.390 e. The number of benzene rings is 1. The molecule has 0 aliphatic rings. The van der Waals surface area contributed by atoms with Gasteiger partial charge in [-0.2, -0.15) is 13.2 Å². The fourth-order valence-electron chi connectivity index (χ4n) is 1.21. The molecule has 0 fully saturated rings. The molecule has 0 saturated carbocycles. The Bertz CT molecular complexity index is 427. The third-order valence-electron chi connectivity index (χ3n) is 2.05. The summed E-state index contributed by atoms with van der Waals surface area (Å²) < 4.78 is 50.8. The Morgan fingerprint density at radius 3 is 2.50 bits per heavy atom. The standard InChI is InChI=1S/C10H9ClF4INO/c11-3-6(18)4-17-8-2-5(12)1-7(9(8)16)10(13,14)15/h1-2,6,17-18H,3-4H2. The number of hydrogen-bond donors (Lipinski definition) is 2. The maximum Gasteiger partial charge on any atom is 0.417 e. The molecule has 8 heteroatoms. The van der Waals surface area contributed by atoms with Crippen LogP contribution in [0.5, 0.6) is 0 Å². The van der Waals surface area contributed by atoms with Gasteiger partial charge in [-0.05, 0) is 34.7 Å². The molecule has 0 aromatic heterocycles. The summed E-state index contributed by atoms with van der Waals surface area (Å²) in [4.78, 5) is 0. The van der Waals surface area contributed by atoms with Gasteiger partial charge in [0.25, 0.3) is 0 Å². The molecule has 0 saturated heterocycles. The molecule has 0 bridgehead atoms. The minimum absolute atomic E-state index is 0.0212. The lowest BCUT2D eigenvalue weighted by Crippen LogP contribution is -2.22. The fourth-order valence-corrected chi connectivity index (χ4v) is 2.12. The first-order valence-corrected chi connectivity index (χ1v) is 6.41. The predicted molar refractivity (Wildman–Crippen MR) is 69.3 cm³/mol. The van der Waals surface area contributed by atoms with Crippen LogP contribution in [0.4, 0.5) is 23.2 Å². The molecule has 0 heterocycles. The maximum absolute atomic E-state index is 13.1. The van der Waals surface area contributed by atoms with Gasteiger partial charge in [0.15, 0.2) is 0 Å². The summed E-state index contributed by atoms with van der Waals surface area (Å²) in [5.74, 6) is -1.06. The summed E-state index contributed by atoms with van der Waals surface area (Å²) >= 11 is 6.83. The van der Waals surface area contributed by atoms with E-state index in [1.165, 1.54) is 22.6 Å². The van der Waals surface area contributed by atoms with E-state index in [9.17, 15) is 22.7 Å². The van der Waals surface area contributed by atoms with E-state index in [0.717, 1.165) is 6.07 Å². The SMILES string of the molecule is OC(CCl)CNc1cc(F)cc(C(F)(F)F)c1I. The zero-order chi connectivity index (χ0) is 13.9. The lowest BCUT2D eigenvalue weighted by Gasteiger charge is -2.16. The summed E-state index contributed by atoms with van der Waals surface area (Å²) in [5.41, 5.74) is -1.07. The first kappa shape index (κ1) is 15.8. The highest BCUT2D eigenvalue weighted by atomic mass is 127. The van der Waals surface area contributed by atoms with Crippen molar-refractivity contribution in [2.24, 2.45) is 0 Å². The van der Waals surface area contributed by atoms with Gasteiger partial charge < -0.3 is 10.4 Å². The van der Waals surface area contributed by atoms with E-state index in [2.05, 4.69) is 5.32 Å². The minimum atomic E-state index is -4.62. The van der Waals surface area contributed by atoms with E-state index in [4.69, 9.17) is 11.6 Å². The molecule has 2 nitrogen and oxygen atoms in total. The summed E-state index contributed by atoms with van der Waals surface area (Å²) in [7, 11) is 0. The van der Waals surface area contributed by atoms with E-state index in [1.807, 2.05) is 0 Å². The maximum atomic E-state index is 13.1. The Morgan fingerprint density at radius 2 is 2.00 bits per heavy atom. The Labute approximate surface area is 119 Å². The molecule has 0 spiro atoms. The molecular formula is C10H9ClF4INO. The lowest BCUT2D eigenvalue weighted by molar-refractivity contribution is -0.138. The van der Waals surface area contributed by atoms with Crippen molar-refractivity contribution in [3.05, 3.63) is 27.1 Å². The number of hydrogen-bond acceptors (Lipinski definition) is 2. The van der Waals surface area contributed by atoms with Crippen LogP contribution in [-0.2, 0) is 6.18 Å². The molecule has 18 heavy (non-hydrogen) atoms. The van der Waals surface area contributed by atoms with Crippen molar-refractivity contribution in [2.45, 2.75) is 12.3 Å². The highest BCUT2D eigenvalue weighted by Gasteiger charge is 2.34. The van der Waals surface area contributed by atoms with E-state index >= 15 is 0 Å². The molecule has 1 rings (SSSR count). The molecule has 0 radical (unpaired) electrons. The Balaban J connectivity index is 3.02. The number of alkyl halides is 4. The molecule has 2 N–H and O–H groups in total. The predicted octanol–water partition coefficient (Wildman–Crippen LogP) is 3.46. The van der Waals surface area contributed by atoms with Crippen LogP contribution in [0.25, 0.3) is 0 Å². The number of aliphatic hydroxyl groups excluding tert-OH is 1. The van der Waals surface area contributed by atoms with E-state index in [1.54, 1.807) is 0 Å². The van der Waals surface area contributed by atoms with Gasteiger partial charge >= 0.3 is 6.18 Å². The normalized spacial score (nSPS) is 13.5. The fraction of sp³-hybridized carbons (Fsp3) is 0.400. The molecular weight excluding hydrogens is 388 g/mol. The topological polar surface area (TPSA) is 32.3 Å². The second-order valence-electron chi connectivity index (χ2n) is 3.50. The number of anilines is 1. The molecule has 1 aromatic carbocycles. The third kappa shape index (κ3) is 4.13. The van der Waals surface area contributed by atoms with E-state index in [-0.39, 0.29) is 21.7 Å². The monoisotopic (exact) mass is 397 g/mol. The van der Waals surface area contributed by atoms with Crippen molar-refractivity contribution in [1.29, 1.82) is 0 Å². The average Bonchev–Trinajstić information content (AvgIpc) is 2.27. The van der Waals surface area contributed by atoms with Crippen LogP contribution in [0.15, 0.2) is 12.1 Å². The Morgan fingerprint density at radius 1 is 1.39 bits per heavy atom. The van der Waals surface area contributed by atoms with Crippen LogP contribution < -0.4 is 5.32 Å². The number of halogens is 6. The van der Waals surface area contributed by atoms with Crippen molar-refractivity contribution in [3.63, 3.8) is 0 Å². The van der Waals surface area contributed by atoms with Gasteiger partial charge in [0.05, 0.1) is 23.2 Å². The van der Waals surface area contributed by atoms with Crippen molar-refractivity contribution < 1.29 is 22.7 Å². The van der Waals surface area contributed by atoms with Crippen LogP contribution in [0.1, 0.15) is 5.56 Å². The first-order valence-electron chi connectivity index (χ1n) is 4.80. The van der Waals surface area contributed by atoms with Crippen LogP contribution in [0.2, 0.25) is 0 Å². The number of aliphatic hydroxyl groups is 1. The zero-order valence-corrected chi connectivity index (χ0v) is 11.8. The number of nitrogens with one attached hydrogen (secondary N) is 1. The highest BCUT2D eigenvalue weighted by molar-refractivity contribution is 14.1. The molecule has 0 aliphatic carbocycles. The average molecular weight is 398 g/mol. The number of rotatable bonds is 4.